The molecule has 1 unspecified atom stereocenters. The van der Waals surface area contributed by atoms with Gasteiger partial charge in [0.15, 0.2) is 0 Å². The van der Waals surface area contributed by atoms with Gasteiger partial charge in [-0.1, -0.05) is 0 Å². The van der Waals surface area contributed by atoms with Crippen LogP contribution in [0.4, 0.5) is 0 Å². The molecule has 1 atom stereocenters. The largest absolute Gasteiger partial charge is 0.480 e. The Balaban J connectivity index is 3.41. The monoisotopic (exact) mass is 189 g/mol. The lowest BCUT2D eigenvalue weighted by Gasteiger charge is -2.04. The van der Waals surface area contributed by atoms with Gasteiger partial charge in [-0.05, 0) is 12.8 Å². The second-order valence-electron chi connectivity index (χ2n) is 2.68. The summed E-state index contributed by atoms with van der Waals surface area (Å²) in [6, 6.07) is -0.780. The molecule has 0 aliphatic rings. The van der Waals surface area contributed by atoms with E-state index in [1.165, 1.54) is 0 Å². The molecule has 0 aliphatic carbocycles. The van der Waals surface area contributed by atoms with Gasteiger partial charge < -0.3 is 10.8 Å². The molecule has 6 heteroatoms. The number of rotatable bonds is 5. The van der Waals surface area contributed by atoms with Gasteiger partial charge in [0.25, 0.3) is 0 Å². The summed E-state index contributed by atoms with van der Waals surface area (Å²) in [7, 11) is 1.70. The van der Waals surface area contributed by atoms with Crippen molar-refractivity contribution in [1.82, 2.24) is 5.32 Å². The average Bonchev–Trinajstić information content (AvgIpc) is 2.11. The van der Waals surface area contributed by atoms with Crippen molar-refractivity contribution in [2.45, 2.75) is 18.9 Å². The smallest absolute Gasteiger partial charge is 0.340 e. The molecule has 0 bridgehead atoms. The molecular formula is C7H17N4O2+. The van der Waals surface area contributed by atoms with Gasteiger partial charge in [-0.25, -0.2) is 0 Å². The number of nitrogens with two attached hydrogens (primary N) is 2. The zero-order chi connectivity index (χ0) is 10.3. The second-order valence-corrected chi connectivity index (χ2v) is 2.68. The summed E-state index contributed by atoms with van der Waals surface area (Å²) < 4.78 is 0. The van der Waals surface area contributed by atoms with Gasteiger partial charge in [0, 0.05) is 0 Å². The Kier molecular flexibility index (Phi) is 5.62. The molecule has 0 radical (unpaired) electrons. The van der Waals surface area contributed by atoms with Crippen LogP contribution in [0.15, 0.2) is 0 Å². The van der Waals surface area contributed by atoms with E-state index in [2.05, 4.69) is 10.3 Å². The van der Waals surface area contributed by atoms with E-state index in [1.807, 2.05) is 0 Å². The summed E-state index contributed by atoms with van der Waals surface area (Å²) >= 11 is 0. The van der Waals surface area contributed by atoms with Crippen molar-refractivity contribution in [3.05, 3.63) is 0 Å². The minimum Gasteiger partial charge on any atom is -0.480 e. The fourth-order valence-corrected chi connectivity index (χ4v) is 0.757. The highest BCUT2D eigenvalue weighted by atomic mass is 16.4. The van der Waals surface area contributed by atoms with E-state index in [9.17, 15) is 4.79 Å². The third-order valence-electron chi connectivity index (χ3n) is 1.59. The average molecular weight is 189 g/mol. The number of nitrogens with one attached hydrogen (secondary N) is 2. The Bertz CT molecular complexity index is 193. The minimum absolute atomic E-state index is 0.444. The highest BCUT2D eigenvalue weighted by Crippen LogP contribution is 1.92. The van der Waals surface area contributed by atoms with Crippen molar-refractivity contribution < 1.29 is 14.9 Å². The van der Waals surface area contributed by atoms with E-state index < -0.39 is 12.0 Å². The maximum Gasteiger partial charge on any atom is 0.340 e. The molecule has 76 valence electrons. The minimum atomic E-state index is -0.967. The van der Waals surface area contributed by atoms with E-state index in [0.717, 1.165) is 0 Å². The number of aliphatic carboxylic acids is 1. The maximum absolute atomic E-state index is 10.3. The Labute approximate surface area is 77.0 Å². The highest BCUT2D eigenvalue weighted by Gasteiger charge is 2.10. The zero-order valence-corrected chi connectivity index (χ0v) is 7.71. The first-order chi connectivity index (χ1) is 6.07. The molecule has 6 nitrogen and oxygen atoms in total. The Morgan fingerprint density at radius 3 is 2.77 bits per heavy atom. The summed E-state index contributed by atoms with van der Waals surface area (Å²) in [5, 5.41) is 11.3. The first kappa shape index (κ1) is 11.7. The third kappa shape index (κ3) is 5.92. The summed E-state index contributed by atoms with van der Waals surface area (Å²) in [6.07, 6.45) is 1.12. The lowest BCUT2D eigenvalue weighted by atomic mass is 10.2. The van der Waals surface area contributed by atoms with Gasteiger partial charge in [0.05, 0.1) is 13.6 Å². The molecule has 0 fully saturated rings. The molecule has 0 saturated carbocycles. The summed E-state index contributed by atoms with van der Waals surface area (Å²) in [5.74, 6) is -0.491. The summed E-state index contributed by atoms with van der Waals surface area (Å²) in [6.45, 7) is 0.619. The highest BCUT2D eigenvalue weighted by molar-refractivity contribution is 5.73. The van der Waals surface area contributed by atoms with Crippen molar-refractivity contribution in [3.8, 4) is 0 Å². The molecule has 0 heterocycles. The Hall–Kier alpha value is -1.30. The predicted molar refractivity (Wildman–Crippen MR) is 48.9 cm³/mol. The van der Waals surface area contributed by atoms with E-state index in [-0.39, 0.29) is 0 Å². The van der Waals surface area contributed by atoms with Crippen molar-refractivity contribution in [3.63, 3.8) is 0 Å². The van der Waals surface area contributed by atoms with Crippen LogP contribution in [0.2, 0.25) is 0 Å². The zero-order valence-electron chi connectivity index (χ0n) is 7.71. The molecule has 0 rings (SSSR count). The molecule has 0 saturated heterocycles. The molecule has 0 aromatic rings. The van der Waals surface area contributed by atoms with E-state index in [4.69, 9.17) is 16.6 Å². The summed E-state index contributed by atoms with van der Waals surface area (Å²) in [4.78, 5) is 13.0. The number of carboxylic acid groups (broad SMARTS) is 1. The third-order valence-corrected chi connectivity index (χ3v) is 1.59. The lowest BCUT2D eigenvalue weighted by Crippen LogP contribution is -2.74. The Morgan fingerprint density at radius 1 is 1.69 bits per heavy atom. The molecule has 0 aromatic heterocycles. The fraction of sp³-hybridized carbons (Fsp3) is 0.714. The van der Waals surface area contributed by atoms with Crippen LogP contribution < -0.4 is 21.8 Å². The molecular weight excluding hydrogens is 172 g/mol. The van der Waals surface area contributed by atoms with Gasteiger partial charge >= 0.3 is 11.9 Å². The molecule has 0 aliphatic heterocycles. The van der Waals surface area contributed by atoms with Gasteiger partial charge in [-0.3, -0.25) is 20.8 Å². The number of hydrogen-bond acceptors (Lipinski definition) is 2. The molecule has 0 aromatic carbocycles. The fourth-order valence-electron chi connectivity index (χ4n) is 0.757. The second kappa shape index (κ2) is 6.24. The normalized spacial score (nSPS) is 13.8. The van der Waals surface area contributed by atoms with Crippen molar-refractivity contribution >= 4 is 11.9 Å². The first-order valence-corrected chi connectivity index (χ1v) is 4.10. The molecule has 0 spiro atoms. The lowest BCUT2D eigenvalue weighted by molar-refractivity contribution is -0.423. The van der Waals surface area contributed by atoms with Gasteiger partial charge in [0.1, 0.15) is 6.04 Å². The predicted octanol–water partition coefficient (Wildman–Crippen LogP) is -3.21. The number of carbonyl (C=O) groups is 1. The standard InChI is InChI=1S/C7H16N4O2/c1-10-7(9)11-4-2-3-5(8)6(12)13/h5H,2-4,8H2,1H3,(H,12,13)(H3,9,10,11)/p+1. The van der Waals surface area contributed by atoms with Gasteiger partial charge in [-0.15, -0.1) is 0 Å². The van der Waals surface area contributed by atoms with Crippen LogP contribution >= 0.6 is 0 Å². The van der Waals surface area contributed by atoms with E-state index >= 15 is 0 Å². The summed E-state index contributed by atoms with van der Waals surface area (Å²) in [5.41, 5.74) is 10.7. The van der Waals surface area contributed by atoms with Crippen LogP contribution in [0.1, 0.15) is 12.8 Å². The topological polar surface area (TPSA) is 115 Å². The van der Waals surface area contributed by atoms with Crippen LogP contribution in [-0.2, 0) is 4.79 Å². The van der Waals surface area contributed by atoms with Crippen LogP contribution in [0.3, 0.4) is 0 Å². The van der Waals surface area contributed by atoms with Crippen LogP contribution in [0, 0.1) is 0 Å². The van der Waals surface area contributed by atoms with Crippen LogP contribution in [0.25, 0.3) is 0 Å². The van der Waals surface area contributed by atoms with Crippen molar-refractivity contribution in [2.24, 2.45) is 11.5 Å². The Morgan fingerprint density at radius 2 is 2.31 bits per heavy atom. The van der Waals surface area contributed by atoms with Crippen LogP contribution in [-0.4, -0.2) is 36.7 Å². The molecule has 7 N–H and O–H groups in total. The van der Waals surface area contributed by atoms with Gasteiger partial charge in [-0.2, -0.15) is 0 Å². The van der Waals surface area contributed by atoms with E-state index in [1.54, 1.807) is 7.05 Å². The van der Waals surface area contributed by atoms with Crippen molar-refractivity contribution in [1.29, 1.82) is 0 Å². The van der Waals surface area contributed by atoms with Crippen LogP contribution in [0.5, 0.6) is 0 Å². The number of guanidine groups is 1. The SMILES string of the molecule is C[NH+]=C(N)NCCCC(N)C(=O)O. The van der Waals surface area contributed by atoms with E-state index in [0.29, 0.717) is 25.3 Å². The maximum atomic E-state index is 10.3. The van der Waals surface area contributed by atoms with Crippen molar-refractivity contribution in [2.75, 3.05) is 13.6 Å². The first-order valence-electron chi connectivity index (χ1n) is 4.10. The number of hydrogen-bond donors (Lipinski definition) is 5. The quantitative estimate of drug-likeness (QED) is 0.177. The molecule has 0 amide bonds. The number of carboxylic acids is 1. The molecule has 13 heavy (non-hydrogen) atoms. The van der Waals surface area contributed by atoms with Gasteiger partial charge in [0.2, 0.25) is 0 Å².